The SMILES string of the molecule is Cc1cc(C=C(C#N)c2ccccc2)c(C)n1C. The van der Waals surface area contributed by atoms with Gasteiger partial charge in [-0.3, -0.25) is 0 Å². The molecule has 0 amide bonds. The Hall–Kier alpha value is -2.27. The lowest BCUT2D eigenvalue weighted by molar-refractivity contribution is 0.843. The highest BCUT2D eigenvalue weighted by atomic mass is 14.9. The van der Waals surface area contributed by atoms with Crippen LogP contribution >= 0.6 is 0 Å². The van der Waals surface area contributed by atoms with Crippen molar-refractivity contribution in [3.05, 3.63) is 58.9 Å². The summed E-state index contributed by atoms with van der Waals surface area (Å²) in [5, 5.41) is 9.28. The van der Waals surface area contributed by atoms with Gasteiger partial charge in [0.25, 0.3) is 0 Å². The van der Waals surface area contributed by atoms with Gasteiger partial charge in [-0.2, -0.15) is 5.26 Å². The number of nitriles is 1. The normalized spacial score (nSPS) is 11.3. The standard InChI is InChI=1S/C16H16N2/c1-12-9-15(13(2)18(12)3)10-16(11-17)14-7-5-4-6-8-14/h4-10H,1-3H3. The van der Waals surface area contributed by atoms with Gasteiger partial charge >= 0.3 is 0 Å². The lowest BCUT2D eigenvalue weighted by atomic mass is 10.0. The second-order valence-corrected chi connectivity index (χ2v) is 4.42. The van der Waals surface area contributed by atoms with E-state index in [-0.39, 0.29) is 0 Å². The summed E-state index contributed by atoms with van der Waals surface area (Å²) in [4.78, 5) is 0. The first-order valence-electron chi connectivity index (χ1n) is 5.93. The molecule has 0 saturated heterocycles. The molecule has 0 aliphatic rings. The van der Waals surface area contributed by atoms with Crippen molar-refractivity contribution in [3.8, 4) is 6.07 Å². The van der Waals surface area contributed by atoms with E-state index in [1.165, 1.54) is 11.4 Å². The van der Waals surface area contributed by atoms with E-state index >= 15 is 0 Å². The molecule has 1 aromatic carbocycles. The Kier molecular flexibility index (Phi) is 3.34. The zero-order valence-corrected chi connectivity index (χ0v) is 10.9. The average molecular weight is 236 g/mol. The van der Waals surface area contributed by atoms with E-state index < -0.39 is 0 Å². The number of rotatable bonds is 2. The number of hydrogen-bond donors (Lipinski definition) is 0. The molecule has 0 aliphatic carbocycles. The molecule has 0 bridgehead atoms. The monoisotopic (exact) mass is 236 g/mol. The van der Waals surface area contributed by atoms with E-state index in [1.54, 1.807) is 0 Å². The summed E-state index contributed by atoms with van der Waals surface area (Å²) in [5.41, 5.74) is 5.14. The molecule has 2 rings (SSSR count). The Labute approximate surface area is 108 Å². The summed E-state index contributed by atoms with van der Waals surface area (Å²) in [6.45, 7) is 4.14. The molecule has 18 heavy (non-hydrogen) atoms. The molecular formula is C16H16N2. The van der Waals surface area contributed by atoms with Gasteiger partial charge in [0, 0.05) is 18.4 Å². The van der Waals surface area contributed by atoms with Crippen molar-refractivity contribution in [1.29, 1.82) is 5.26 Å². The fraction of sp³-hybridized carbons (Fsp3) is 0.188. The molecule has 0 N–H and O–H groups in total. The summed E-state index contributed by atoms with van der Waals surface area (Å²) >= 11 is 0. The van der Waals surface area contributed by atoms with E-state index in [0.29, 0.717) is 5.57 Å². The zero-order chi connectivity index (χ0) is 13.1. The first kappa shape index (κ1) is 12.2. The summed E-state index contributed by atoms with van der Waals surface area (Å²) in [5.74, 6) is 0. The van der Waals surface area contributed by atoms with Gasteiger partial charge < -0.3 is 4.57 Å². The van der Waals surface area contributed by atoms with Gasteiger partial charge in [0.2, 0.25) is 0 Å². The number of aryl methyl sites for hydroxylation is 1. The topological polar surface area (TPSA) is 28.7 Å². The van der Waals surface area contributed by atoms with Gasteiger partial charge in [-0.25, -0.2) is 0 Å². The fourth-order valence-electron chi connectivity index (χ4n) is 1.98. The highest BCUT2D eigenvalue weighted by Crippen LogP contribution is 2.21. The lowest BCUT2D eigenvalue weighted by Crippen LogP contribution is -1.92. The van der Waals surface area contributed by atoms with Gasteiger partial charge in [-0.15, -0.1) is 0 Å². The van der Waals surface area contributed by atoms with Crippen molar-refractivity contribution in [3.63, 3.8) is 0 Å². The van der Waals surface area contributed by atoms with E-state index in [1.807, 2.05) is 43.5 Å². The van der Waals surface area contributed by atoms with E-state index in [2.05, 4.69) is 30.6 Å². The van der Waals surface area contributed by atoms with Crippen LogP contribution in [0, 0.1) is 25.2 Å². The number of allylic oxidation sites excluding steroid dienone is 1. The Morgan fingerprint density at radius 2 is 1.89 bits per heavy atom. The maximum atomic E-state index is 9.28. The van der Waals surface area contributed by atoms with Crippen molar-refractivity contribution in [2.75, 3.05) is 0 Å². The van der Waals surface area contributed by atoms with Gasteiger partial charge in [0.15, 0.2) is 0 Å². The largest absolute Gasteiger partial charge is 0.352 e. The third kappa shape index (κ3) is 2.21. The Morgan fingerprint density at radius 1 is 1.22 bits per heavy atom. The van der Waals surface area contributed by atoms with Crippen molar-refractivity contribution in [1.82, 2.24) is 4.57 Å². The molecule has 2 aromatic rings. The van der Waals surface area contributed by atoms with E-state index in [9.17, 15) is 5.26 Å². The quantitative estimate of drug-likeness (QED) is 0.731. The number of nitrogens with zero attached hydrogens (tertiary/aromatic N) is 2. The minimum Gasteiger partial charge on any atom is -0.352 e. The zero-order valence-electron chi connectivity index (χ0n) is 10.9. The smallest absolute Gasteiger partial charge is 0.0998 e. The first-order chi connectivity index (χ1) is 8.63. The molecule has 0 atom stereocenters. The molecule has 0 saturated carbocycles. The third-order valence-electron chi connectivity index (χ3n) is 3.32. The Morgan fingerprint density at radius 3 is 2.39 bits per heavy atom. The maximum Gasteiger partial charge on any atom is 0.0998 e. The Bertz CT molecular complexity index is 625. The predicted octanol–water partition coefficient (Wildman–Crippen LogP) is 3.71. The maximum absolute atomic E-state index is 9.28. The Balaban J connectivity index is 2.49. The first-order valence-corrected chi connectivity index (χ1v) is 5.93. The lowest BCUT2D eigenvalue weighted by Gasteiger charge is -2.01. The van der Waals surface area contributed by atoms with Crippen LogP contribution in [0.15, 0.2) is 36.4 Å². The fourth-order valence-corrected chi connectivity index (χ4v) is 1.98. The van der Waals surface area contributed by atoms with Crippen LogP contribution in [0.1, 0.15) is 22.5 Å². The molecule has 90 valence electrons. The minimum absolute atomic E-state index is 0.698. The number of benzene rings is 1. The molecule has 0 fully saturated rings. The summed E-state index contributed by atoms with van der Waals surface area (Å²) in [6, 6.07) is 14.1. The molecule has 0 aliphatic heterocycles. The molecule has 2 nitrogen and oxygen atoms in total. The third-order valence-corrected chi connectivity index (χ3v) is 3.32. The van der Waals surface area contributed by atoms with Gasteiger partial charge in [0.05, 0.1) is 11.6 Å². The van der Waals surface area contributed by atoms with Crippen LogP contribution in [0.25, 0.3) is 11.6 Å². The second-order valence-electron chi connectivity index (χ2n) is 4.42. The highest BCUT2D eigenvalue weighted by Gasteiger charge is 2.06. The predicted molar refractivity (Wildman–Crippen MR) is 74.8 cm³/mol. The van der Waals surface area contributed by atoms with Gasteiger partial charge in [-0.05, 0) is 37.1 Å². The average Bonchev–Trinajstić information content (AvgIpc) is 2.64. The highest BCUT2D eigenvalue weighted by molar-refractivity contribution is 5.90. The summed E-state index contributed by atoms with van der Waals surface area (Å²) < 4.78 is 2.13. The minimum atomic E-state index is 0.698. The number of hydrogen-bond acceptors (Lipinski definition) is 1. The van der Waals surface area contributed by atoms with Crippen molar-refractivity contribution in [2.45, 2.75) is 13.8 Å². The number of aromatic nitrogens is 1. The van der Waals surface area contributed by atoms with Crippen molar-refractivity contribution >= 4 is 11.6 Å². The van der Waals surface area contributed by atoms with E-state index in [0.717, 1.165) is 11.1 Å². The van der Waals surface area contributed by atoms with Crippen LogP contribution in [0.5, 0.6) is 0 Å². The van der Waals surface area contributed by atoms with E-state index in [4.69, 9.17) is 0 Å². The molecular weight excluding hydrogens is 220 g/mol. The van der Waals surface area contributed by atoms with Crippen LogP contribution in [-0.2, 0) is 7.05 Å². The second kappa shape index (κ2) is 4.93. The molecule has 1 aromatic heterocycles. The van der Waals surface area contributed by atoms with Gasteiger partial charge in [0.1, 0.15) is 0 Å². The van der Waals surface area contributed by atoms with Crippen LogP contribution in [0.3, 0.4) is 0 Å². The van der Waals surface area contributed by atoms with Crippen LogP contribution < -0.4 is 0 Å². The van der Waals surface area contributed by atoms with Crippen molar-refractivity contribution < 1.29 is 0 Å². The molecule has 0 unspecified atom stereocenters. The molecule has 0 radical (unpaired) electrons. The van der Waals surface area contributed by atoms with Crippen LogP contribution in [-0.4, -0.2) is 4.57 Å². The summed E-state index contributed by atoms with van der Waals surface area (Å²) in [6.07, 6.45) is 1.96. The molecule has 0 spiro atoms. The van der Waals surface area contributed by atoms with Crippen molar-refractivity contribution in [2.24, 2.45) is 7.05 Å². The van der Waals surface area contributed by atoms with Crippen LogP contribution in [0.4, 0.5) is 0 Å². The molecule has 1 heterocycles. The molecule has 2 heteroatoms. The summed E-state index contributed by atoms with van der Waals surface area (Å²) in [7, 11) is 2.04. The van der Waals surface area contributed by atoms with Gasteiger partial charge in [-0.1, -0.05) is 30.3 Å². The van der Waals surface area contributed by atoms with Crippen LogP contribution in [0.2, 0.25) is 0 Å².